The number of ether oxygens (including phenoxy) is 6. The van der Waals surface area contributed by atoms with E-state index in [-0.39, 0.29) is 11.1 Å². The molecule has 0 bridgehead atoms. The Kier molecular flexibility index (Phi) is 17.1. The van der Waals surface area contributed by atoms with Gasteiger partial charge in [-0.05, 0) is 114 Å². The molecule has 13 heteroatoms. The van der Waals surface area contributed by atoms with Crippen LogP contribution in [0.2, 0.25) is 0 Å². The molecular formula is C40H43F3O10. The third-order valence-corrected chi connectivity index (χ3v) is 7.44. The van der Waals surface area contributed by atoms with Gasteiger partial charge >= 0.3 is 23.9 Å². The Balaban J connectivity index is 1.42. The van der Waals surface area contributed by atoms with E-state index in [1.54, 1.807) is 13.8 Å². The summed E-state index contributed by atoms with van der Waals surface area (Å²) in [6.45, 7) is 11.6. The van der Waals surface area contributed by atoms with Crippen LogP contribution in [0.5, 0.6) is 23.0 Å². The summed E-state index contributed by atoms with van der Waals surface area (Å²) < 4.78 is 75.5. The molecule has 0 aliphatic rings. The molecule has 3 aromatic rings. The predicted molar refractivity (Wildman–Crippen MR) is 189 cm³/mol. The topological polar surface area (TPSA) is 124 Å². The highest BCUT2D eigenvalue weighted by Gasteiger charge is 2.26. The highest BCUT2D eigenvalue weighted by Crippen LogP contribution is 2.32. The van der Waals surface area contributed by atoms with Crippen LogP contribution in [-0.4, -0.2) is 50.3 Å². The Bertz CT molecular complexity index is 1740. The van der Waals surface area contributed by atoms with E-state index in [9.17, 15) is 32.3 Å². The van der Waals surface area contributed by atoms with Crippen molar-refractivity contribution in [3.63, 3.8) is 0 Å². The number of carbonyl (C=O) groups excluding carboxylic acids is 4. The molecule has 0 saturated carbocycles. The Morgan fingerprint density at radius 2 is 0.943 bits per heavy atom. The van der Waals surface area contributed by atoms with Crippen molar-refractivity contribution in [2.75, 3.05) is 26.4 Å². The fourth-order valence-corrected chi connectivity index (χ4v) is 4.48. The maximum atomic E-state index is 14.8. The zero-order chi connectivity index (χ0) is 38.8. The number of hydrogen-bond acceptors (Lipinski definition) is 10. The van der Waals surface area contributed by atoms with E-state index < -0.39 is 52.8 Å². The van der Waals surface area contributed by atoms with Crippen LogP contribution in [-0.2, 0) is 19.1 Å². The second-order valence-electron chi connectivity index (χ2n) is 12.0. The van der Waals surface area contributed by atoms with Crippen LogP contribution in [0.25, 0.3) is 0 Å². The number of unbranched alkanes of at least 4 members (excludes halogenated alkanes) is 6. The molecule has 0 atom stereocenters. The van der Waals surface area contributed by atoms with Gasteiger partial charge in [0, 0.05) is 17.2 Å². The monoisotopic (exact) mass is 740 g/mol. The molecule has 10 nitrogen and oxygen atoms in total. The van der Waals surface area contributed by atoms with Gasteiger partial charge in [-0.2, -0.15) is 8.78 Å². The molecule has 0 saturated heterocycles. The second kappa shape index (κ2) is 21.7. The SMILES string of the molecule is C=C(C)C(=O)OCCCCCCOc1ccc(C(=O)Oc2cc(F)c(OC(=O)c3ccc(OCCCCCCOC(=O)C(=C)C)cc3)c(F)c2F)cc1. The van der Waals surface area contributed by atoms with Gasteiger partial charge in [0.15, 0.2) is 11.6 Å². The first-order chi connectivity index (χ1) is 25.4. The van der Waals surface area contributed by atoms with E-state index >= 15 is 0 Å². The van der Waals surface area contributed by atoms with Crippen molar-refractivity contribution in [1.82, 2.24) is 0 Å². The van der Waals surface area contributed by atoms with E-state index in [1.807, 2.05) is 0 Å². The highest BCUT2D eigenvalue weighted by atomic mass is 19.2. The number of carbonyl (C=O) groups is 4. The quantitative estimate of drug-likeness (QED) is 0.0325. The van der Waals surface area contributed by atoms with Crippen molar-refractivity contribution < 1.29 is 60.8 Å². The Morgan fingerprint density at radius 1 is 0.547 bits per heavy atom. The summed E-state index contributed by atoms with van der Waals surface area (Å²) in [5.74, 6) is -9.55. The number of benzene rings is 3. The number of hydrogen-bond donors (Lipinski definition) is 0. The van der Waals surface area contributed by atoms with E-state index in [0.717, 1.165) is 38.5 Å². The molecule has 3 aromatic carbocycles. The minimum Gasteiger partial charge on any atom is -0.494 e. The number of rotatable bonds is 22. The zero-order valence-corrected chi connectivity index (χ0v) is 29.8. The van der Waals surface area contributed by atoms with Gasteiger partial charge in [-0.25, -0.2) is 23.6 Å². The van der Waals surface area contributed by atoms with E-state index in [1.165, 1.54) is 48.5 Å². The van der Waals surface area contributed by atoms with Gasteiger partial charge in [0.2, 0.25) is 17.4 Å². The fourth-order valence-electron chi connectivity index (χ4n) is 4.48. The van der Waals surface area contributed by atoms with Crippen molar-refractivity contribution >= 4 is 23.9 Å². The molecule has 0 radical (unpaired) electrons. The lowest BCUT2D eigenvalue weighted by molar-refractivity contribution is -0.139. The van der Waals surface area contributed by atoms with Crippen LogP contribution in [0, 0.1) is 17.5 Å². The summed E-state index contributed by atoms with van der Waals surface area (Å²) in [5, 5.41) is 0. The Labute approximate surface area is 306 Å². The Morgan fingerprint density at radius 3 is 1.36 bits per heavy atom. The van der Waals surface area contributed by atoms with Gasteiger partial charge in [0.05, 0.1) is 37.6 Å². The first kappa shape index (κ1) is 41.8. The van der Waals surface area contributed by atoms with Gasteiger partial charge in [-0.15, -0.1) is 0 Å². The van der Waals surface area contributed by atoms with E-state index in [0.29, 0.717) is 68.0 Å². The molecule has 0 fully saturated rings. The van der Waals surface area contributed by atoms with Gasteiger partial charge in [0.25, 0.3) is 0 Å². The molecule has 0 aliphatic carbocycles. The second-order valence-corrected chi connectivity index (χ2v) is 12.0. The van der Waals surface area contributed by atoms with Crippen LogP contribution in [0.3, 0.4) is 0 Å². The van der Waals surface area contributed by atoms with Crippen molar-refractivity contribution in [2.45, 2.75) is 65.2 Å². The van der Waals surface area contributed by atoms with Crippen LogP contribution in [0.15, 0.2) is 78.9 Å². The average Bonchev–Trinajstić information content (AvgIpc) is 3.14. The maximum Gasteiger partial charge on any atom is 0.343 e. The molecule has 0 amide bonds. The van der Waals surface area contributed by atoms with E-state index in [4.69, 9.17) is 28.4 Å². The maximum absolute atomic E-state index is 14.8. The van der Waals surface area contributed by atoms with Gasteiger partial charge in [0.1, 0.15) is 11.5 Å². The van der Waals surface area contributed by atoms with Crippen LogP contribution >= 0.6 is 0 Å². The molecule has 284 valence electrons. The summed E-state index contributed by atoms with van der Waals surface area (Å²) in [5.41, 5.74) is 0.586. The largest absolute Gasteiger partial charge is 0.494 e. The molecule has 0 heterocycles. The lowest BCUT2D eigenvalue weighted by Crippen LogP contribution is -2.14. The predicted octanol–water partition coefficient (Wildman–Crippen LogP) is 8.66. The van der Waals surface area contributed by atoms with Crippen LogP contribution in [0.4, 0.5) is 13.2 Å². The molecule has 0 N–H and O–H groups in total. The first-order valence-electron chi connectivity index (χ1n) is 17.1. The van der Waals surface area contributed by atoms with Gasteiger partial charge < -0.3 is 28.4 Å². The summed E-state index contributed by atoms with van der Waals surface area (Å²) in [6, 6.07) is 11.7. The average molecular weight is 741 g/mol. The van der Waals surface area contributed by atoms with Gasteiger partial charge in [-0.1, -0.05) is 13.2 Å². The molecule has 53 heavy (non-hydrogen) atoms. The summed E-state index contributed by atoms with van der Waals surface area (Å²) in [7, 11) is 0. The standard InChI is InChI=1S/C40H43F3O10/c1-26(2)37(44)50-23-11-7-5-9-21-48-30-17-13-28(14-18-30)39(46)52-33-25-32(41)36(35(43)34(33)42)53-40(47)29-15-19-31(20-16-29)49-22-10-6-8-12-24-51-38(45)27(3)4/h13-20,25H,1,3,5-12,21-24H2,2,4H3. The van der Waals surface area contributed by atoms with E-state index in [2.05, 4.69) is 13.2 Å². The van der Waals surface area contributed by atoms with Crippen LogP contribution < -0.4 is 18.9 Å². The smallest absolute Gasteiger partial charge is 0.343 e. The number of esters is 4. The summed E-state index contributed by atoms with van der Waals surface area (Å²) >= 11 is 0. The van der Waals surface area contributed by atoms with Crippen molar-refractivity contribution in [1.29, 1.82) is 0 Å². The molecule has 0 aliphatic heterocycles. The highest BCUT2D eigenvalue weighted by molar-refractivity contribution is 5.92. The van der Waals surface area contributed by atoms with Crippen molar-refractivity contribution in [2.24, 2.45) is 0 Å². The fraction of sp³-hybridized carbons (Fsp3) is 0.350. The van der Waals surface area contributed by atoms with Crippen molar-refractivity contribution in [3.05, 3.63) is 107 Å². The Hall–Kier alpha value is -5.59. The molecule has 0 aromatic heterocycles. The summed E-state index contributed by atoms with van der Waals surface area (Å²) in [6.07, 6.45) is 6.26. The summed E-state index contributed by atoms with van der Waals surface area (Å²) in [4.78, 5) is 47.9. The zero-order valence-electron chi connectivity index (χ0n) is 29.8. The third-order valence-electron chi connectivity index (χ3n) is 7.44. The lowest BCUT2D eigenvalue weighted by atomic mass is 10.2. The van der Waals surface area contributed by atoms with Crippen molar-refractivity contribution in [3.8, 4) is 23.0 Å². The molecule has 3 rings (SSSR count). The third kappa shape index (κ3) is 14.2. The minimum atomic E-state index is -1.85. The number of halogens is 3. The normalized spacial score (nSPS) is 10.6. The first-order valence-corrected chi connectivity index (χ1v) is 17.1. The van der Waals surface area contributed by atoms with Crippen LogP contribution in [0.1, 0.15) is 85.9 Å². The molecule has 0 unspecified atom stereocenters. The minimum absolute atomic E-state index is 0.0383. The lowest BCUT2D eigenvalue weighted by Gasteiger charge is -2.12. The molecule has 0 spiro atoms. The van der Waals surface area contributed by atoms with Gasteiger partial charge in [-0.3, -0.25) is 0 Å². The molecular weight excluding hydrogens is 697 g/mol.